The average molecular weight is 584 g/mol. The van der Waals surface area contributed by atoms with Crippen molar-refractivity contribution in [1.82, 2.24) is 4.98 Å². The van der Waals surface area contributed by atoms with E-state index in [0.717, 1.165) is 22.5 Å². The lowest BCUT2D eigenvalue weighted by Crippen LogP contribution is -2.32. The number of aryl methyl sites for hydroxylation is 1. The number of thiazole rings is 1. The molecule has 38 heavy (non-hydrogen) atoms. The van der Waals surface area contributed by atoms with Gasteiger partial charge in [-0.05, 0) is 55.0 Å². The number of carbonyl (C=O) groups excluding carboxylic acids is 2. The molecule has 2 aliphatic heterocycles. The standard InChI is InChI=1S/C28H20Cl2N2O4S2/c1-14-5-8-18(9-6-14)32-26(33)22-21(23-25(31-28(35)38-23)37-24(22)27(32)34)19-12-17(30)7-10-20(19)36-13-15-3-2-4-16(29)11-15/h2-12,21-22,24H,13H2,1H3,(H,31,35). The summed E-state index contributed by atoms with van der Waals surface area (Å²) in [6.45, 7) is 2.19. The number of aromatic amines is 1. The molecule has 3 unspecified atom stereocenters. The molecule has 2 amide bonds. The number of thioether (sulfide) groups is 1. The molecule has 1 fully saturated rings. The second-order valence-corrected chi connectivity index (χ2v) is 12.2. The Morgan fingerprint density at radius 3 is 2.47 bits per heavy atom. The van der Waals surface area contributed by atoms with E-state index in [1.54, 1.807) is 36.4 Å². The Morgan fingerprint density at radius 1 is 0.947 bits per heavy atom. The largest absolute Gasteiger partial charge is 0.489 e. The summed E-state index contributed by atoms with van der Waals surface area (Å²) in [5.41, 5.74) is 3.08. The van der Waals surface area contributed by atoms with Crippen LogP contribution in [-0.4, -0.2) is 22.0 Å². The molecule has 0 bridgehead atoms. The number of hydrogen-bond acceptors (Lipinski definition) is 6. The number of halogens is 2. The summed E-state index contributed by atoms with van der Waals surface area (Å²) in [5, 5.41) is 0.953. The molecular formula is C28H20Cl2N2O4S2. The number of anilines is 1. The van der Waals surface area contributed by atoms with E-state index in [9.17, 15) is 14.4 Å². The van der Waals surface area contributed by atoms with E-state index >= 15 is 0 Å². The minimum absolute atomic E-state index is 0.239. The zero-order chi connectivity index (χ0) is 26.6. The van der Waals surface area contributed by atoms with Gasteiger partial charge in [0.25, 0.3) is 0 Å². The van der Waals surface area contributed by atoms with Gasteiger partial charge in [-0.2, -0.15) is 0 Å². The first-order valence-electron chi connectivity index (χ1n) is 11.8. The molecule has 6 nitrogen and oxygen atoms in total. The number of rotatable bonds is 5. The fraction of sp³-hybridized carbons (Fsp3) is 0.179. The SMILES string of the molecule is Cc1ccc(N2C(=O)C3Sc4[nH]c(=O)sc4C(c4cc(Cl)ccc4OCc4cccc(Cl)c4)C3C2=O)cc1. The maximum Gasteiger partial charge on any atom is 0.305 e. The molecule has 0 spiro atoms. The van der Waals surface area contributed by atoms with Gasteiger partial charge in [-0.3, -0.25) is 14.4 Å². The Balaban J connectivity index is 1.45. The van der Waals surface area contributed by atoms with Crippen molar-refractivity contribution in [3.8, 4) is 5.75 Å². The first-order valence-corrected chi connectivity index (χ1v) is 14.3. The van der Waals surface area contributed by atoms with Crippen LogP contribution in [0, 0.1) is 12.8 Å². The molecular weight excluding hydrogens is 563 g/mol. The number of fused-ring (bicyclic) bond motifs is 2. The number of nitrogens with one attached hydrogen (secondary N) is 1. The maximum absolute atomic E-state index is 14.0. The third kappa shape index (κ3) is 4.45. The lowest BCUT2D eigenvalue weighted by molar-refractivity contribution is -0.122. The highest BCUT2D eigenvalue weighted by molar-refractivity contribution is 8.00. The van der Waals surface area contributed by atoms with E-state index in [4.69, 9.17) is 27.9 Å². The minimum atomic E-state index is -0.736. The number of aromatic nitrogens is 1. The van der Waals surface area contributed by atoms with Crippen molar-refractivity contribution in [2.45, 2.75) is 29.7 Å². The molecule has 3 atom stereocenters. The van der Waals surface area contributed by atoms with Gasteiger partial charge in [0, 0.05) is 26.4 Å². The van der Waals surface area contributed by atoms with Gasteiger partial charge < -0.3 is 9.72 Å². The zero-order valence-corrected chi connectivity index (χ0v) is 23.1. The van der Waals surface area contributed by atoms with Crippen molar-refractivity contribution in [2.75, 3.05) is 4.90 Å². The molecule has 2 aliphatic rings. The van der Waals surface area contributed by atoms with Gasteiger partial charge in [0.2, 0.25) is 11.8 Å². The van der Waals surface area contributed by atoms with Crippen LogP contribution in [0.3, 0.4) is 0 Å². The summed E-state index contributed by atoms with van der Waals surface area (Å²) in [7, 11) is 0. The third-order valence-corrected chi connectivity index (χ3v) is 9.58. The zero-order valence-electron chi connectivity index (χ0n) is 19.9. The summed E-state index contributed by atoms with van der Waals surface area (Å²) in [6, 6.07) is 19.9. The quantitative estimate of drug-likeness (QED) is 0.274. The fourth-order valence-corrected chi connectivity index (χ4v) is 7.88. The number of imide groups is 1. The number of hydrogen-bond donors (Lipinski definition) is 1. The highest BCUT2D eigenvalue weighted by Crippen LogP contribution is 2.54. The molecule has 1 saturated heterocycles. The van der Waals surface area contributed by atoms with Crippen LogP contribution in [0.15, 0.2) is 76.6 Å². The molecule has 0 aliphatic carbocycles. The maximum atomic E-state index is 14.0. The van der Waals surface area contributed by atoms with E-state index in [-0.39, 0.29) is 23.3 Å². The van der Waals surface area contributed by atoms with Gasteiger partial charge in [-0.25, -0.2) is 4.90 Å². The Kier molecular flexibility index (Phi) is 6.60. The summed E-state index contributed by atoms with van der Waals surface area (Å²) in [6.07, 6.45) is 0. The molecule has 3 aromatic carbocycles. The molecule has 4 aromatic rings. The molecule has 0 radical (unpaired) electrons. The van der Waals surface area contributed by atoms with Gasteiger partial charge >= 0.3 is 4.87 Å². The van der Waals surface area contributed by atoms with E-state index in [1.807, 2.05) is 37.3 Å². The topological polar surface area (TPSA) is 79.5 Å². The van der Waals surface area contributed by atoms with Crippen LogP contribution < -0.4 is 14.5 Å². The second-order valence-electron chi connectivity index (χ2n) is 9.20. The number of amides is 2. The Hall–Kier alpha value is -3.04. The van der Waals surface area contributed by atoms with Crippen molar-refractivity contribution in [3.63, 3.8) is 0 Å². The summed E-state index contributed by atoms with van der Waals surface area (Å²) < 4.78 is 6.23. The monoisotopic (exact) mass is 582 g/mol. The Labute approximate surface area is 236 Å². The van der Waals surface area contributed by atoms with Crippen molar-refractivity contribution < 1.29 is 14.3 Å². The minimum Gasteiger partial charge on any atom is -0.489 e. The predicted octanol–water partition coefficient (Wildman–Crippen LogP) is 6.43. The molecule has 0 saturated carbocycles. The number of nitrogens with zero attached hydrogens (tertiary/aromatic N) is 1. The molecule has 192 valence electrons. The van der Waals surface area contributed by atoms with Crippen LogP contribution in [-0.2, 0) is 16.2 Å². The van der Waals surface area contributed by atoms with Crippen LogP contribution in [0.4, 0.5) is 5.69 Å². The Morgan fingerprint density at radius 2 is 1.71 bits per heavy atom. The first kappa shape index (κ1) is 25.2. The highest BCUT2D eigenvalue weighted by atomic mass is 35.5. The van der Waals surface area contributed by atoms with Crippen molar-refractivity contribution in [3.05, 3.63) is 108 Å². The van der Waals surface area contributed by atoms with Gasteiger partial charge in [0.1, 0.15) is 17.6 Å². The van der Waals surface area contributed by atoms with Crippen LogP contribution in [0.1, 0.15) is 27.5 Å². The van der Waals surface area contributed by atoms with Crippen LogP contribution in [0.5, 0.6) is 5.75 Å². The fourth-order valence-electron chi connectivity index (χ4n) is 4.98. The first-order chi connectivity index (χ1) is 18.3. The van der Waals surface area contributed by atoms with E-state index in [0.29, 0.717) is 36.9 Å². The summed E-state index contributed by atoms with van der Waals surface area (Å²) in [5.74, 6) is -1.43. The number of benzene rings is 3. The summed E-state index contributed by atoms with van der Waals surface area (Å²) in [4.78, 5) is 44.6. The van der Waals surface area contributed by atoms with Gasteiger partial charge in [-0.1, -0.05) is 76.1 Å². The number of carbonyl (C=O) groups is 2. The van der Waals surface area contributed by atoms with Crippen LogP contribution in [0.25, 0.3) is 0 Å². The second kappa shape index (κ2) is 9.93. The predicted molar refractivity (Wildman–Crippen MR) is 151 cm³/mol. The van der Waals surface area contributed by atoms with E-state index < -0.39 is 17.1 Å². The average Bonchev–Trinajstić information content (AvgIpc) is 3.38. The molecule has 10 heteroatoms. The van der Waals surface area contributed by atoms with Crippen LogP contribution >= 0.6 is 46.3 Å². The number of ether oxygens (including phenoxy) is 1. The molecule has 3 heterocycles. The summed E-state index contributed by atoms with van der Waals surface area (Å²) >= 11 is 14.9. The van der Waals surface area contributed by atoms with Crippen LogP contribution in [0.2, 0.25) is 10.0 Å². The smallest absolute Gasteiger partial charge is 0.305 e. The lowest BCUT2D eigenvalue weighted by atomic mass is 9.82. The van der Waals surface area contributed by atoms with Crippen molar-refractivity contribution in [1.29, 1.82) is 0 Å². The normalized spacial score (nSPS) is 20.4. The van der Waals surface area contributed by atoms with Gasteiger partial charge in [0.15, 0.2) is 0 Å². The lowest BCUT2D eigenvalue weighted by Gasteiger charge is -2.31. The molecule has 6 rings (SSSR count). The van der Waals surface area contributed by atoms with Gasteiger partial charge in [0.05, 0.1) is 16.6 Å². The van der Waals surface area contributed by atoms with E-state index in [1.165, 1.54) is 16.7 Å². The van der Waals surface area contributed by atoms with E-state index in [2.05, 4.69) is 4.98 Å². The van der Waals surface area contributed by atoms with Gasteiger partial charge in [-0.15, -0.1) is 0 Å². The van der Waals surface area contributed by atoms with Crippen molar-refractivity contribution >= 4 is 63.8 Å². The molecule has 1 aromatic heterocycles. The molecule has 1 N–H and O–H groups in total. The Bertz CT molecular complexity index is 1630. The third-order valence-electron chi connectivity index (χ3n) is 6.71. The highest BCUT2D eigenvalue weighted by Gasteiger charge is 2.56. The number of H-pyrrole nitrogens is 1. The van der Waals surface area contributed by atoms with Crippen molar-refractivity contribution in [2.24, 2.45) is 5.92 Å².